The number of ether oxygens (including phenoxy) is 2. The van der Waals surface area contributed by atoms with E-state index in [1.165, 1.54) is 0 Å². The van der Waals surface area contributed by atoms with Crippen molar-refractivity contribution in [2.45, 2.75) is 6.61 Å². The first-order chi connectivity index (χ1) is 8.17. The molecule has 0 aliphatic rings. The minimum Gasteiger partial charge on any atom is -0.494 e. The van der Waals surface area contributed by atoms with Gasteiger partial charge in [-0.05, 0) is 23.7 Å². The van der Waals surface area contributed by atoms with E-state index in [9.17, 15) is 4.79 Å². The molecule has 2 aromatic rings. The number of carbonyl (C=O) groups is 1. The van der Waals surface area contributed by atoms with Crippen LogP contribution in [0.5, 0.6) is 5.75 Å². The number of aromatic nitrogens is 2. The van der Waals surface area contributed by atoms with Crippen LogP contribution in [0, 0.1) is 0 Å². The molecule has 0 spiro atoms. The van der Waals surface area contributed by atoms with Crippen LogP contribution in [0.15, 0.2) is 12.1 Å². The molecule has 0 radical (unpaired) electrons. The number of nitrogens with zero attached hydrogens (tertiary/aromatic N) is 1. The van der Waals surface area contributed by atoms with Gasteiger partial charge >= 0.3 is 0 Å². The van der Waals surface area contributed by atoms with Gasteiger partial charge in [0.2, 0.25) is 0 Å². The van der Waals surface area contributed by atoms with Crippen molar-refractivity contribution in [3.63, 3.8) is 0 Å². The first kappa shape index (κ1) is 11.9. The van der Waals surface area contributed by atoms with Gasteiger partial charge in [0.1, 0.15) is 23.7 Å². The lowest BCUT2D eigenvalue weighted by atomic mass is 10.2. The maximum atomic E-state index is 11.3. The zero-order valence-electron chi connectivity index (χ0n) is 9.41. The summed E-state index contributed by atoms with van der Waals surface area (Å²) in [6, 6.07) is 3.26. The van der Waals surface area contributed by atoms with Crippen LogP contribution < -0.4 is 4.74 Å². The summed E-state index contributed by atoms with van der Waals surface area (Å²) in [7, 11) is 3.11. The zero-order chi connectivity index (χ0) is 12.4. The van der Waals surface area contributed by atoms with Crippen molar-refractivity contribution in [1.29, 1.82) is 0 Å². The molecule has 2 rings (SSSR count). The van der Waals surface area contributed by atoms with Crippen molar-refractivity contribution in [2.24, 2.45) is 0 Å². The molecule has 17 heavy (non-hydrogen) atoms. The molecule has 0 saturated carbocycles. The van der Waals surface area contributed by atoms with Crippen molar-refractivity contribution < 1.29 is 14.3 Å². The molecule has 0 aliphatic carbocycles. The highest BCUT2D eigenvalue weighted by Gasteiger charge is 2.15. The number of fused-ring (bicyclic) bond motifs is 1. The first-order valence-electron chi connectivity index (χ1n) is 4.91. The smallest absolute Gasteiger partial charge is 0.254 e. The summed E-state index contributed by atoms with van der Waals surface area (Å²) in [5, 5.41) is -0.537. The second kappa shape index (κ2) is 4.73. The van der Waals surface area contributed by atoms with Crippen LogP contribution in [-0.4, -0.2) is 29.4 Å². The number of carbonyl (C=O) groups excluding carboxylic acids is 1. The van der Waals surface area contributed by atoms with Gasteiger partial charge in [-0.2, -0.15) is 0 Å². The number of nitrogens with one attached hydrogen (secondary N) is 1. The quantitative estimate of drug-likeness (QED) is 0.849. The highest BCUT2D eigenvalue weighted by molar-refractivity contribution is 6.68. The molecule has 6 heteroatoms. The summed E-state index contributed by atoms with van der Waals surface area (Å²) in [4.78, 5) is 18.6. The molecule has 0 saturated heterocycles. The van der Waals surface area contributed by atoms with Crippen LogP contribution in [0.3, 0.4) is 0 Å². The molecule has 1 aromatic carbocycles. The van der Waals surface area contributed by atoms with Gasteiger partial charge in [0.05, 0.1) is 18.2 Å². The lowest BCUT2D eigenvalue weighted by Gasteiger charge is -2.02. The first-order valence-corrected chi connectivity index (χ1v) is 5.29. The van der Waals surface area contributed by atoms with Crippen molar-refractivity contribution in [1.82, 2.24) is 9.97 Å². The van der Waals surface area contributed by atoms with E-state index in [-0.39, 0.29) is 0 Å². The number of halogens is 1. The van der Waals surface area contributed by atoms with Crippen LogP contribution in [-0.2, 0) is 11.3 Å². The van der Waals surface area contributed by atoms with E-state index in [4.69, 9.17) is 21.1 Å². The molecule has 0 aliphatic heterocycles. The summed E-state index contributed by atoms with van der Waals surface area (Å²) in [5.74, 6) is 1.20. The number of H-pyrrole nitrogens is 1. The van der Waals surface area contributed by atoms with E-state index in [0.29, 0.717) is 34.8 Å². The second-order valence-corrected chi connectivity index (χ2v) is 3.77. The van der Waals surface area contributed by atoms with Crippen LogP contribution >= 0.6 is 11.6 Å². The Morgan fingerprint density at radius 3 is 2.82 bits per heavy atom. The molecule has 0 unspecified atom stereocenters. The fourth-order valence-corrected chi connectivity index (χ4v) is 1.81. The number of hydrogen-bond donors (Lipinski definition) is 1. The Morgan fingerprint density at radius 2 is 2.24 bits per heavy atom. The third-order valence-electron chi connectivity index (χ3n) is 2.37. The molecule has 5 nitrogen and oxygen atoms in total. The zero-order valence-corrected chi connectivity index (χ0v) is 10.2. The Hall–Kier alpha value is -1.59. The monoisotopic (exact) mass is 254 g/mol. The van der Waals surface area contributed by atoms with Gasteiger partial charge in [0.15, 0.2) is 0 Å². The van der Waals surface area contributed by atoms with E-state index < -0.39 is 5.24 Å². The van der Waals surface area contributed by atoms with Gasteiger partial charge in [0, 0.05) is 7.11 Å². The van der Waals surface area contributed by atoms with E-state index in [2.05, 4.69) is 9.97 Å². The van der Waals surface area contributed by atoms with Gasteiger partial charge in [-0.15, -0.1) is 0 Å². The minimum atomic E-state index is -0.537. The maximum absolute atomic E-state index is 11.3. The number of aromatic amines is 1. The summed E-state index contributed by atoms with van der Waals surface area (Å²) in [6.45, 7) is 0.327. The van der Waals surface area contributed by atoms with Crippen LogP contribution in [0.2, 0.25) is 0 Å². The molecule has 1 heterocycles. The van der Waals surface area contributed by atoms with E-state index in [1.807, 2.05) is 0 Å². The van der Waals surface area contributed by atoms with E-state index in [0.717, 1.165) is 0 Å². The predicted octanol–water partition coefficient (Wildman–Crippen LogP) is 2.10. The van der Waals surface area contributed by atoms with Crippen molar-refractivity contribution in [2.75, 3.05) is 14.2 Å². The van der Waals surface area contributed by atoms with Gasteiger partial charge in [-0.25, -0.2) is 4.98 Å². The fraction of sp³-hybridized carbons (Fsp3) is 0.273. The Bertz CT molecular complexity index is 565. The van der Waals surface area contributed by atoms with Crippen molar-refractivity contribution >= 4 is 27.9 Å². The van der Waals surface area contributed by atoms with Gasteiger partial charge in [-0.3, -0.25) is 4.79 Å². The molecule has 0 bridgehead atoms. The van der Waals surface area contributed by atoms with E-state index in [1.54, 1.807) is 26.4 Å². The molecule has 0 atom stereocenters. The molecule has 1 N–H and O–H groups in total. The Labute approximate surface area is 103 Å². The summed E-state index contributed by atoms with van der Waals surface area (Å²) < 4.78 is 10.2. The van der Waals surface area contributed by atoms with Gasteiger partial charge < -0.3 is 14.5 Å². The molecule has 1 aromatic heterocycles. The Balaban J connectivity index is 2.67. The predicted molar refractivity (Wildman–Crippen MR) is 63.5 cm³/mol. The fourth-order valence-electron chi connectivity index (χ4n) is 1.65. The summed E-state index contributed by atoms with van der Waals surface area (Å²) >= 11 is 5.51. The standard InChI is InChI=1S/C11H11ClN2O3/c1-16-5-8-13-9-6(11(12)15)3-4-7(17-2)10(9)14-8/h3-4H,5H2,1-2H3,(H,13,14). The molecule has 90 valence electrons. The van der Waals surface area contributed by atoms with E-state index >= 15 is 0 Å². The molecule has 0 amide bonds. The summed E-state index contributed by atoms with van der Waals surface area (Å²) in [6.07, 6.45) is 0. The Kier molecular flexibility index (Phi) is 3.31. The number of benzene rings is 1. The normalized spacial score (nSPS) is 10.8. The average molecular weight is 255 g/mol. The average Bonchev–Trinajstić information content (AvgIpc) is 2.71. The highest BCUT2D eigenvalue weighted by Crippen LogP contribution is 2.27. The third kappa shape index (κ3) is 2.11. The number of methoxy groups -OCH3 is 2. The Morgan fingerprint density at radius 1 is 1.47 bits per heavy atom. The largest absolute Gasteiger partial charge is 0.494 e. The summed E-state index contributed by atoms with van der Waals surface area (Å²) in [5.41, 5.74) is 1.51. The lowest BCUT2D eigenvalue weighted by molar-refractivity contribution is 0.108. The highest BCUT2D eigenvalue weighted by atomic mass is 35.5. The number of imidazole rings is 1. The third-order valence-corrected chi connectivity index (χ3v) is 2.57. The van der Waals surface area contributed by atoms with Crippen molar-refractivity contribution in [3.05, 3.63) is 23.5 Å². The maximum Gasteiger partial charge on any atom is 0.254 e. The van der Waals surface area contributed by atoms with Crippen molar-refractivity contribution in [3.8, 4) is 5.75 Å². The second-order valence-electron chi connectivity index (χ2n) is 3.43. The molecular weight excluding hydrogens is 244 g/mol. The van der Waals surface area contributed by atoms with Gasteiger partial charge in [0.25, 0.3) is 5.24 Å². The number of rotatable bonds is 4. The topological polar surface area (TPSA) is 64.2 Å². The van der Waals surface area contributed by atoms with Crippen LogP contribution in [0.4, 0.5) is 0 Å². The SMILES string of the molecule is COCc1nc2c(OC)ccc(C(=O)Cl)c2[nH]1. The lowest BCUT2D eigenvalue weighted by Crippen LogP contribution is -1.93. The van der Waals surface area contributed by atoms with Crippen LogP contribution in [0.1, 0.15) is 16.2 Å². The minimum absolute atomic E-state index is 0.327. The van der Waals surface area contributed by atoms with Crippen LogP contribution in [0.25, 0.3) is 11.0 Å². The number of hydrogen-bond acceptors (Lipinski definition) is 4. The molecule has 0 fully saturated rings. The van der Waals surface area contributed by atoms with Gasteiger partial charge in [-0.1, -0.05) is 0 Å². The molecular formula is C11H11ClN2O3.